The Kier molecular flexibility index (Phi) is 10.9. The molecule has 0 fully saturated rings. The molecule has 5 heteroatoms. The van der Waals surface area contributed by atoms with Crippen molar-refractivity contribution < 1.29 is 19.4 Å². The van der Waals surface area contributed by atoms with Gasteiger partial charge in [-0.1, -0.05) is 61.4 Å². The fourth-order valence-electron chi connectivity index (χ4n) is 5.34. The third kappa shape index (κ3) is 9.10. The summed E-state index contributed by atoms with van der Waals surface area (Å²) in [7, 11) is 0. The summed E-state index contributed by atoms with van der Waals surface area (Å²) in [6.07, 6.45) is 7.61. The van der Waals surface area contributed by atoms with Crippen molar-refractivity contribution in [1.29, 1.82) is 0 Å². The predicted octanol–water partition coefficient (Wildman–Crippen LogP) is 5.96. The third-order valence-electron chi connectivity index (χ3n) is 7.07. The quantitative estimate of drug-likeness (QED) is 0.244. The van der Waals surface area contributed by atoms with Crippen LogP contribution in [0, 0.1) is 12.8 Å². The van der Waals surface area contributed by atoms with Crippen molar-refractivity contribution in [1.82, 2.24) is 5.32 Å². The average Bonchev–Trinajstić information content (AvgIpc) is 3.26. The number of hydrogen-bond donors (Lipinski definition) is 2. The second kappa shape index (κ2) is 13.9. The lowest BCUT2D eigenvalue weighted by Gasteiger charge is -2.31. The molecule has 0 saturated heterocycles. The van der Waals surface area contributed by atoms with E-state index >= 15 is 0 Å². The molecule has 0 aromatic heterocycles. The van der Waals surface area contributed by atoms with Crippen LogP contribution in [0.1, 0.15) is 80.9 Å². The molecule has 0 bridgehead atoms. The van der Waals surface area contributed by atoms with Crippen LogP contribution in [0.3, 0.4) is 0 Å². The second-order valence-electron chi connectivity index (χ2n) is 11.0. The number of β-amino-alcohol motifs (C(OH)–C–C–N with tert-alkyl or cyclic N) is 1. The maximum absolute atomic E-state index is 11.9. The standard InChI is InChI=1S/C32H45NO4/c1-6-10-30(29-15-13-23(3)17-27(29)14-16-31(35)36-7-2)37-22-28(34)21-33-32(4,5)20-24-18-25-11-8-9-12-26(25)19-24/h8-9,11-17,24,28,30,33-34H,6-7,10,18-22H2,1-5H3/b16-14+/t28-,30-/m1/s1. The third-order valence-corrected chi connectivity index (χ3v) is 7.07. The van der Waals surface area contributed by atoms with E-state index in [1.807, 2.05) is 6.92 Å². The monoisotopic (exact) mass is 507 g/mol. The largest absolute Gasteiger partial charge is 0.463 e. The number of aryl methyl sites for hydroxylation is 1. The first-order chi connectivity index (χ1) is 17.7. The van der Waals surface area contributed by atoms with E-state index < -0.39 is 6.10 Å². The Morgan fingerprint density at radius 1 is 1.16 bits per heavy atom. The molecule has 0 saturated carbocycles. The zero-order valence-electron chi connectivity index (χ0n) is 23.3. The van der Waals surface area contributed by atoms with Crippen LogP contribution in [-0.4, -0.2) is 42.5 Å². The van der Waals surface area contributed by atoms with Gasteiger partial charge in [-0.15, -0.1) is 0 Å². The minimum absolute atomic E-state index is 0.0709. The summed E-state index contributed by atoms with van der Waals surface area (Å²) in [6, 6.07) is 14.9. The molecule has 202 valence electrons. The van der Waals surface area contributed by atoms with Gasteiger partial charge in [0.1, 0.15) is 0 Å². The molecule has 2 N–H and O–H groups in total. The van der Waals surface area contributed by atoms with Gasteiger partial charge < -0.3 is 19.9 Å². The molecule has 1 aliphatic carbocycles. The van der Waals surface area contributed by atoms with Gasteiger partial charge in [0.2, 0.25) is 0 Å². The van der Waals surface area contributed by atoms with Gasteiger partial charge in [-0.3, -0.25) is 0 Å². The van der Waals surface area contributed by atoms with E-state index in [0.717, 1.165) is 48.8 Å². The zero-order chi connectivity index (χ0) is 26.8. The fraction of sp³-hybridized carbons (Fsp3) is 0.531. The number of aliphatic hydroxyl groups excluding tert-OH is 1. The number of rotatable bonds is 14. The molecule has 0 aliphatic heterocycles. The average molecular weight is 508 g/mol. The van der Waals surface area contributed by atoms with Crippen molar-refractivity contribution in [2.24, 2.45) is 5.92 Å². The van der Waals surface area contributed by atoms with Crippen LogP contribution in [0.2, 0.25) is 0 Å². The lowest BCUT2D eigenvalue weighted by molar-refractivity contribution is -0.137. The SMILES string of the molecule is CCC[C@@H](OC[C@H](O)CNC(C)(C)CC1Cc2ccccc2C1)c1ccc(C)cc1/C=C/C(=O)OCC. The van der Waals surface area contributed by atoms with Crippen LogP contribution in [0.25, 0.3) is 6.08 Å². The maximum Gasteiger partial charge on any atom is 0.330 e. The minimum Gasteiger partial charge on any atom is -0.463 e. The van der Waals surface area contributed by atoms with Crippen molar-refractivity contribution in [2.45, 2.75) is 84.5 Å². The van der Waals surface area contributed by atoms with Crippen LogP contribution in [0.15, 0.2) is 48.5 Å². The number of benzene rings is 2. The van der Waals surface area contributed by atoms with E-state index in [1.165, 1.54) is 17.2 Å². The Hall–Kier alpha value is -2.47. The Labute approximate surface area is 223 Å². The van der Waals surface area contributed by atoms with Crippen LogP contribution < -0.4 is 5.32 Å². The van der Waals surface area contributed by atoms with Gasteiger partial charge in [-0.05, 0) is 87.6 Å². The molecule has 2 aromatic carbocycles. The van der Waals surface area contributed by atoms with Gasteiger partial charge in [0.05, 0.1) is 25.4 Å². The zero-order valence-corrected chi connectivity index (χ0v) is 23.3. The van der Waals surface area contributed by atoms with Gasteiger partial charge in [-0.25, -0.2) is 4.79 Å². The molecular formula is C32H45NO4. The van der Waals surface area contributed by atoms with E-state index in [4.69, 9.17) is 9.47 Å². The summed E-state index contributed by atoms with van der Waals surface area (Å²) < 4.78 is 11.3. The molecule has 1 aliphatic rings. The van der Waals surface area contributed by atoms with Gasteiger partial charge in [0.15, 0.2) is 0 Å². The predicted molar refractivity (Wildman–Crippen MR) is 150 cm³/mol. The molecule has 0 radical (unpaired) electrons. The van der Waals surface area contributed by atoms with Gasteiger partial charge in [-0.2, -0.15) is 0 Å². The summed E-state index contributed by atoms with van der Waals surface area (Å²) in [4.78, 5) is 11.9. The lowest BCUT2D eigenvalue weighted by Crippen LogP contribution is -2.45. The molecule has 0 heterocycles. The summed E-state index contributed by atoms with van der Waals surface area (Å²) in [5.74, 6) is 0.276. The Balaban J connectivity index is 1.54. The Bertz CT molecular complexity index is 1020. The Morgan fingerprint density at radius 2 is 1.86 bits per heavy atom. The lowest BCUT2D eigenvalue weighted by atomic mass is 9.88. The molecule has 5 nitrogen and oxygen atoms in total. The van der Waals surface area contributed by atoms with Gasteiger partial charge in [0.25, 0.3) is 0 Å². The molecular weight excluding hydrogens is 462 g/mol. The van der Waals surface area contributed by atoms with Crippen molar-refractivity contribution in [2.75, 3.05) is 19.8 Å². The number of ether oxygens (including phenoxy) is 2. The van der Waals surface area contributed by atoms with Crippen molar-refractivity contribution in [3.8, 4) is 0 Å². The number of esters is 1. The first-order valence-electron chi connectivity index (χ1n) is 13.8. The van der Waals surface area contributed by atoms with Crippen LogP contribution in [-0.2, 0) is 27.1 Å². The number of nitrogens with one attached hydrogen (secondary N) is 1. The highest BCUT2D eigenvalue weighted by atomic mass is 16.5. The first-order valence-corrected chi connectivity index (χ1v) is 13.8. The highest BCUT2D eigenvalue weighted by Crippen LogP contribution is 2.32. The molecule has 2 aromatic rings. The summed E-state index contributed by atoms with van der Waals surface area (Å²) in [6.45, 7) is 11.5. The topological polar surface area (TPSA) is 67.8 Å². The molecule has 2 atom stereocenters. The van der Waals surface area contributed by atoms with E-state index in [2.05, 4.69) is 68.6 Å². The highest BCUT2D eigenvalue weighted by molar-refractivity contribution is 5.87. The summed E-state index contributed by atoms with van der Waals surface area (Å²) in [5.41, 5.74) is 5.96. The second-order valence-corrected chi connectivity index (χ2v) is 11.0. The smallest absolute Gasteiger partial charge is 0.330 e. The maximum atomic E-state index is 11.9. The van der Waals surface area contributed by atoms with Crippen LogP contribution in [0.5, 0.6) is 0 Å². The van der Waals surface area contributed by atoms with E-state index in [9.17, 15) is 9.90 Å². The normalized spacial score (nSPS) is 15.6. The van der Waals surface area contributed by atoms with Gasteiger partial charge >= 0.3 is 5.97 Å². The highest BCUT2D eigenvalue weighted by Gasteiger charge is 2.28. The van der Waals surface area contributed by atoms with E-state index in [0.29, 0.717) is 19.1 Å². The number of hydrogen-bond acceptors (Lipinski definition) is 5. The van der Waals surface area contributed by atoms with E-state index in [1.54, 1.807) is 13.0 Å². The molecule has 37 heavy (non-hydrogen) atoms. The van der Waals surface area contributed by atoms with Crippen molar-refractivity contribution in [3.63, 3.8) is 0 Å². The van der Waals surface area contributed by atoms with E-state index in [-0.39, 0.29) is 24.2 Å². The molecule has 0 spiro atoms. The van der Waals surface area contributed by atoms with Crippen LogP contribution >= 0.6 is 0 Å². The minimum atomic E-state index is -0.608. The summed E-state index contributed by atoms with van der Waals surface area (Å²) >= 11 is 0. The molecule has 3 rings (SSSR count). The van der Waals surface area contributed by atoms with Crippen molar-refractivity contribution in [3.05, 3.63) is 76.4 Å². The van der Waals surface area contributed by atoms with Crippen molar-refractivity contribution >= 4 is 12.0 Å². The molecule has 0 unspecified atom stereocenters. The number of carbonyl (C=O) groups excluding carboxylic acids is 1. The number of fused-ring (bicyclic) bond motifs is 1. The Morgan fingerprint density at radius 3 is 2.51 bits per heavy atom. The molecule has 0 amide bonds. The first kappa shape index (κ1) is 29.1. The van der Waals surface area contributed by atoms with Crippen LogP contribution in [0.4, 0.5) is 0 Å². The summed E-state index contributed by atoms with van der Waals surface area (Å²) in [5, 5.41) is 14.3. The van der Waals surface area contributed by atoms with Gasteiger partial charge in [0, 0.05) is 18.2 Å². The number of aliphatic hydroxyl groups is 1. The fourth-order valence-corrected chi connectivity index (χ4v) is 5.34. The number of carbonyl (C=O) groups is 1.